The van der Waals surface area contributed by atoms with Gasteiger partial charge in [-0.2, -0.15) is 0 Å². The van der Waals surface area contributed by atoms with Crippen molar-refractivity contribution in [1.82, 2.24) is 20.1 Å². The van der Waals surface area contributed by atoms with Gasteiger partial charge in [0.2, 0.25) is 5.91 Å². The molecule has 2 aromatic carbocycles. The average molecular weight is 458 g/mol. The highest BCUT2D eigenvalue weighted by Crippen LogP contribution is 2.28. The van der Waals surface area contributed by atoms with Crippen molar-refractivity contribution < 1.29 is 14.1 Å². The van der Waals surface area contributed by atoms with Crippen LogP contribution in [0.15, 0.2) is 53.7 Å². The van der Waals surface area contributed by atoms with Crippen LogP contribution in [0.3, 0.4) is 0 Å². The Kier molecular flexibility index (Phi) is 7.57. The van der Waals surface area contributed by atoms with E-state index in [0.29, 0.717) is 28.8 Å². The third-order valence-electron chi connectivity index (χ3n) is 4.62. The van der Waals surface area contributed by atoms with E-state index in [0.717, 1.165) is 5.56 Å². The summed E-state index contributed by atoms with van der Waals surface area (Å²) < 4.78 is 15.0. The molecular formula is C22H24FN5O3S. The Morgan fingerprint density at radius 3 is 2.38 bits per heavy atom. The largest absolute Gasteiger partial charge is 0.346 e. The lowest BCUT2D eigenvalue weighted by Gasteiger charge is -2.17. The summed E-state index contributed by atoms with van der Waals surface area (Å²) >= 11 is 1.40. The third-order valence-corrected chi connectivity index (χ3v) is 5.62. The van der Waals surface area contributed by atoms with Crippen LogP contribution < -0.4 is 5.32 Å². The predicted octanol–water partition coefficient (Wildman–Crippen LogP) is 4.83. The van der Waals surface area contributed by atoms with Gasteiger partial charge in [-0.25, -0.2) is 4.39 Å². The van der Waals surface area contributed by atoms with Crippen LogP contribution >= 0.6 is 11.8 Å². The summed E-state index contributed by atoms with van der Waals surface area (Å²) in [6, 6.07) is 11.8. The number of thioether (sulfide) groups is 1. The zero-order chi connectivity index (χ0) is 23.3. The fourth-order valence-electron chi connectivity index (χ4n) is 3.09. The molecule has 0 saturated carbocycles. The number of nitro groups is 1. The summed E-state index contributed by atoms with van der Waals surface area (Å²) in [5.74, 6) is 0.862. The van der Waals surface area contributed by atoms with E-state index in [4.69, 9.17) is 0 Å². The predicted molar refractivity (Wildman–Crippen MR) is 120 cm³/mol. The molecule has 0 radical (unpaired) electrons. The number of aromatic nitrogens is 3. The van der Waals surface area contributed by atoms with Gasteiger partial charge in [0, 0.05) is 30.0 Å². The maximum atomic E-state index is 13.2. The Morgan fingerprint density at radius 2 is 1.78 bits per heavy atom. The molecule has 1 N–H and O–H groups in total. The number of nitrogens with one attached hydrogen (secondary N) is 1. The molecule has 3 aromatic rings. The van der Waals surface area contributed by atoms with Gasteiger partial charge in [-0.3, -0.25) is 19.5 Å². The Hall–Kier alpha value is -3.27. The number of non-ortho nitro benzene ring substituents is 1. The summed E-state index contributed by atoms with van der Waals surface area (Å²) in [6.07, 6.45) is 0.391. The van der Waals surface area contributed by atoms with Crippen molar-refractivity contribution in [3.8, 4) is 5.69 Å². The molecular weight excluding hydrogens is 433 g/mol. The zero-order valence-corrected chi connectivity index (χ0v) is 18.8. The van der Waals surface area contributed by atoms with Gasteiger partial charge in [0.1, 0.15) is 5.82 Å². The van der Waals surface area contributed by atoms with E-state index >= 15 is 0 Å². The van der Waals surface area contributed by atoms with Crippen LogP contribution in [0.2, 0.25) is 0 Å². The van der Waals surface area contributed by atoms with Crippen LogP contribution in [0, 0.1) is 21.8 Å². The Morgan fingerprint density at radius 1 is 1.12 bits per heavy atom. The van der Waals surface area contributed by atoms with E-state index in [2.05, 4.69) is 15.5 Å². The molecule has 1 amide bonds. The quantitative estimate of drug-likeness (QED) is 0.280. The summed E-state index contributed by atoms with van der Waals surface area (Å²) in [5.41, 5.74) is 1.53. The van der Waals surface area contributed by atoms with E-state index in [1.165, 1.54) is 36.0 Å². The second-order valence-electron chi connectivity index (χ2n) is 7.75. The first kappa shape index (κ1) is 23.4. The highest BCUT2D eigenvalue weighted by Gasteiger charge is 2.22. The number of hydrogen-bond acceptors (Lipinski definition) is 6. The number of carbonyl (C=O) groups excluding carboxylic acids is 1. The molecule has 1 unspecified atom stereocenters. The fourth-order valence-corrected chi connectivity index (χ4v) is 4.00. The number of amides is 1. The number of nitrogens with zero attached hydrogens (tertiary/aromatic N) is 4. The molecule has 1 atom stereocenters. The average Bonchev–Trinajstić information content (AvgIpc) is 3.17. The first-order valence-corrected chi connectivity index (χ1v) is 11.1. The fraction of sp³-hybridized carbons (Fsp3) is 0.318. The van der Waals surface area contributed by atoms with Crippen molar-refractivity contribution in [2.45, 2.75) is 44.1 Å². The van der Waals surface area contributed by atoms with Crippen LogP contribution in [0.1, 0.15) is 44.6 Å². The molecule has 0 bridgehead atoms. The van der Waals surface area contributed by atoms with Gasteiger partial charge in [0.05, 0.1) is 11.0 Å². The molecule has 0 fully saturated rings. The van der Waals surface area contributed by atoms with Crippen LogP contribution in [0.4, 0.5) is 10.1 Å². The SMILES string of the molecule is CC(C)CC(=O)NC(C)c1nnc(SCc2ccc(F)cc2)n1-c1ccc([N+](=O)[O-])cc1. The number of rotatable bonds is 9. The minimum absolute atomic E-state index is 0.0258. The Bertz CT molecular complexity index is 1080. The van der Waals surface area contributed by atoms with E-state index < -0.39 is 11.0 Å². The van der Waals surface area contributed by atoms with Gasteiger partial charge >= 0.3 is 0 Å². The minimum Gasteiger partial charge on any atom is -0.346 e. The number of halogens is 1. The number of nitro benzene ring substituents is 1. The van der Waals surface area contributed by atoms with Crippen molar-refractivity contribution in [3.63, 3.8) is 0 Å². The maximum Gasteiger partial charge on any atom is 0.269 e. The van der Waals surface area contributed by atoms with E-state index in [9.17, 15) is 19.3 Å². The van der Waals surface area contributed by atoms with Crippen LogP contribution in [-0.2, 0) is 10.5 Å². The second kappa shape index (κ2) is 10.4. The van der Waals surface area contributed by atoms with Crippen LogP contribution in [0.25, 0.3) is 5.69 Å². The zero-order valence-electron chi connectivity index (χ0n) is 18.0. The summed E-state index contributed by atoms with van der Waals surface area (Å²) in [7, 11) is 0. The molecule has 168 valence electrons. The van der Waals surface area contributed by atoms with Gasteiger partial charge < -0.3 is 5.32 Å². The topological polar surface area (TPSA) is 103 Å². The number of hydrogen-bond donors (Lipinski definition) is 1. The maximum absolute atomic E-state index is 13.2. The molecule has 0 saturated heterocycles. The highest BCUT2D eigenvalue weighted by molar-refractivity contribution is 7.98. The first-order valence-electron chi connectivity index (χ1n) is 10.1. The lowest BCUT2D eigenvalue weighted by molar-refractivity contribution is -0.384. The van der Waals surface area contributed by atoms with Crippen molar-refractivity contribution >= 4 is 23.4 Å². The molecule has 1 aromatic heterocycles. The molecule has 8 nitrogen and oxygen atoms in total. The summed E-state index contributed by atoms with van der Waals surface area (Å²) in [6.45, 7) is 5.75. The molecule has 0 aliphatic heterocycles. The lowest BCUT2D eigenvalue weighted by atomic mass is 10.1. The molecule has 3 rings (SSSR count). The highest BCUT2D eigenvalue weighted by atomic mass is 32.2. The smallest absolute Gasteiger partial charge is 0.269 e. The third kappa shape index (κ3) is 5.91. The molecule has 0 aliphatic rings. The summed E-state index contributed by atoms with van der Waals surface area (Å²) in [4.78, 5) is 22.8. The van der Waals surface area contributed by atoms with Crippen LogP contribution in [0.5, 0.6) is 0 Å². The molecule has 0 spiro atoms. The van der Waals surface area contributed by atoms with Gasteiger partial charge in [-0.05, 0) is 42.7 Å². The monoisotopic (exact) mass is 457 g/mol. The van der Waals surface area contributed by atoms with Gasteiger partial charge in [-0.1, -0.05) is 37.7 Å². The summed E-state index contributed by atoms with van der Waals surface area (Å²) in [5, 5.41) is 23.1. The van der Waals surface area contributed by atoms with Crippen molar-refractivity contribution in [2.75, 3.05) is 0 Å². The van der Waals surface area contributed by atoms with Gasteiger partial charge in [0.15, 0.2) is 11.0 Å². The van der Waals surface area contributed by atoms with Crippen molar-refractivity contribution in [1.29, 1.82) is 0 Å². The van der Waals surface area contributed by atoms with Crippen molar-refractivity contribution in [3.05, 3.63) is 75.9 Å². The van der Waals surface area contributed by atoms with E-state index in [1.807, 2.05) is 20.8 Å². The standard InChI is InChI=1S/C22H24FN5O3S/c1-14(2)12-20(29)24-15(3)21-25-26-22(32-13-16-4-6-17(23)7-5-16)27(21)18-8-10-19(11-9-18)28(30)31/h4-11,14-15H,12-13H2,1-3H3,(H,24,29). The molecule has 0 aliphatic carbocycles. The van der Waals surface area contributed by atoms with Gasteiger partial charge in [0.25, 0.3) is 5.69 Å². The lowest BCUT2D eigenvalue weighted by Crippen LogP contribution is -2.29. The Balaban J connectivity index is 1.91. The first-order chi connectivity index (χ1) is 15.2. The molecule has 1 heterocycles. The van der Waals surface area contributed by atoms with Crippen molar-refractivity contribution in [2.24, 2.45) is 5.92 Å². The van der Waals surface area contributed by atoms with E-state index in [-0.39, 0.29) is 23.3 Å². The van der Waals surface area contributed by atoms with Crippen LogP contribution in [-0.4, -0.2) is 25.6 Å². The normalized spacial score (nSPS) is 12.0. The second-order valence-corrected chi connectivity index (χ2v) is 8.69. The molecule has 32 heavy (non-hydrogen) atoms. The molecule has 10 heteroatoms. The Labute approximate surface area is 189 Å². The van der Waals surface area contributed by atoms with Gasteiger partial charge in [-0.15, -0.1) is 10.2 Å². The number of carbonyl (C=O) groups is 1. The van der Waals surface area contributed by atoms with E-state index in [1.54, 1.807) is 28.8 Å². The number of benzene rings is 2. The minimum atomic E-state index is -0.462.